The minimum absolute atomic E-state index is 0.0956. The van der Waals surface area contributed by atoms with Crippen LogP contribution in [0, 0.1) is 0 Å². The van der Waals surface area contributed by atoms with Gasteiger partial charge in [-0.15, -0.1) is 0 Å². The van der Waals surface area contributed by atoms with Gasteiger partial charge in [-0.2, -0.15) is 0 Å². The predicted molar refractivity (Wildman–Crippen MR) is 75.1 cm³/mol. The van der Waals surface area contributed by atoms with Crippen molar-refractivity contribution >= 4 is 23.8 Å². The van der Waals surface area contributed by atoms with E-state index in [0.717, 1.165) is 0 Å². The molecular formula is C14H16N2O6. The van der Waals surface area contributed by atoms with Gasteiger partial charge in [-0.25, -0.2) is 9.59 Å². The average Bonchev–Trinajstić information content (AvgIpc) is 2.56. The Morgan fingerprint density at radius 1 is 0.864 bits per heavy atom. The molecule has 8 nitrogen and oxygen atoms in total. The molecule has 2 N–H and O–H groups in total. The lowest BCUT2D eigenvalue weighted by Gasteiger charge is -2.06. The van der Waals surface area contributed by atoms with E-state index in [4.69, 9.17) is 9.47 Å². The summed E-state index contributed by atoms with van der Waals surface area (Å²) in [7, 11) is 2.83. The number of nitrogens with one attached hydrogen (secondary N) is 2. The molecule has 118 valence electrons. The molecule has 0 fully saturated rings. The van der Waals surface area contributed by atoms with Crippen molar-refractivity contribution in [1.82, 2.24) is 10.6 Å². The topological polar surface area (TPSA) is 111 Å². The number of rotatable bonds is 6. The maximum Gasteiger partial charge on any atom is 0.338 e. The van der Waals surface area contributed by atoms with Crippen molar-refractivity contribution in [3.8, 4) is 0 Å². The van der Waals surface area contributed by atoms with Crippen LogP contribution in [-0.2, 0) is 19.1 Å². The predicted octanol–water partition coefficient (Wildman–Crippen LogP) is -0.508. The number of esters is 2. The van der Waals surface area contributed by atoms with Crippen LogP contribution < -0.4 is 10.6 Å². The number of ether oxygens (including phenoxy) is 2. The van der Waals surface area contributed by atoms with Crippen molar-refractivity contribution in [3.63, 3.8) is 0 Å². The molecule has 0 aromatic heterocycles. The molecule has 2 amide bonds. The van der Waals surface area contributed by atoms with Crippen molar-refractivity contribution in [2.75, 3.05) is 27.3 Å². The molecule has 0 radical (unpaired) electrons. The van der Waals surface area contributed by atoms with E-state index in [1.165, 1.54) is 38.4 Å². The molecule has 0 atom stereocenters. The molecule has 1 rings (SSSR count). The van der Waals surface area contributed by atoms with Gasteiger partial charge in [-0.3, -0.25) is 9.59 Å². The molecule has 1 aromatic carbocycles. The van der Waals surface area contributed by atoms with Crippen LogP contribution in [0.3, 0.4) is 0 Å². The maximum absolute atomic E-state index is 11.7. The second kappa shape index (κ2) is 8.40. The van der Waals surface area contributed by atoms with Crippen molar-refractivity contribution in [1.29, 1.82) is 0 Å². The Balaban J connectivity index is 2.68. The van der Waals surface area contributed by atoms with Gasteiger partial charge >= 0.3 is 11.9 Å². The second-order valence-corrected chi connectivity index (χ2v) is 4.08. The number of benzene rings is 1. The summed E-state index contributed by atoms with van der Waals surface area (Å²) in [6.45, 7) is -0.832. The van der Waals surface area contributed by atoms with Crippen LogP contribution in [0.15, 0.2) is 24.3 Å². The molecule has 0 aliphatic rings. The minimum atomic E-state index is -0.746. The second-order valence-electron chi connectivity index (χ2n) is 4.08. The lowest BCUT2D eigenvalue weighted by Crippen LogP contribution is -2.25. The zero-order chi connectivity index (χ0) is 16.5. The van der Waals surface area contributed by atoms with Crippen molar-refractivity contribution < 1.29 is 28.7 Å². The molecule has 0 saturated heterocycles. The number of hydrogen-bond donors (Lipinski definition) is 2. The minimum Gasteiger partial charge on any atom is -0.452 e. The summed E-state index contributed by atoms with van der Waals surface area (Å²) in [5.74, 6) is -2.39. The van der Waals surface area contributed by atoms with E-state index in [9.17, 15) is 19.2 Å². The lowest BCUT2D eigenvalue weighted by molar-refractivity contribution is -0.124. The van der Waals surface area contributed by atoms with Gasteiger partial charge in [-0.05, 0) is 18.2 Å². The number of carbonyl (C=O) groups excluding carboxylic acids is 4. The van der Waals surface area contributed by atoms with E-state index >= 15 is 0 Å². The highest BCUT2D eigenvalue weighted by Gasteiger charge is 2.14. The summed E-state index contributed by atoms with van der Waals surface area (Å²) < 4.78 is 9.53. The Morgan fingerprint density at radius 3 is 1.64 bits per heavy atom. The highest BCUT2D eigenvalue weighted by molar-refractivity contribution is 5.96. The van der Waals surface area contributed by atoms with Crippen LogP contribution in [0.5, 0.6) is 0 Å². The van der Waals surface area contributed by atoms with Crippen LogP contribution in [0.1, 0.15) is 20.7 Å². The van der Waals surface area contributed by atoms with E-state index in [2.05, 4.69) is 10.6 Å². The molecule has 0 heterocycles. The number of hydrogen-bond acceptors (Lipinski definition) is 6. The third-order valence-electron chi connectivity index (χ3n) is 2.56. The molecule has 0 spiro atoms. The van der Waals surface area contributed by atoms with Gasteiger partial charge in [0, 0.05) is 14.1 Å². The largest absolute Gasteiger partial charge is 0.452 e. The van der Waals surface area contributed by atoms with Gasteiger partial charge in [0.05, 0.1) is 11.1 Å². The number of carbonyl (C=O) groups is 4. The smallest absolute Gasteiger partial charge is 0.338 e. The van der Waals surface area contributed by atoms with Crippen molar-refractivity contribution in [2.24, 2.45) is 0 Å². The number of likely N-dealkylation sites (N-methyl/N-ethyl adjacent to an activating group) is 2. The molecule has 0 saturated carbocycles. The fourth-order valence-electron chi connectivity index (χ4n) is 1.35. The van der Waals surface area contributed by atoms with E-state index < -0.39 is 37.0 Å². The molecule has 0 unspecified atom stereocenters. The Bertz CT molecular complexity index is 537. The van der Waals surface area contributed by atoms with Gasteiger partial charge in [0.25, 0.3) is 11.8 Å². The molecule has 22 heavy (non-hydrogen) atoms. The lowest BCUT2D eigenvalue weighted by atomic mass is 10.1. The first-order chi connectivity index (χ1) is 10.5. The standard InChI is InChI=1S/C14H16N2O6/c1-15-11(17)7-21-13(19)9-4-3-5-10(6-9)14(20)22-8-12(18)16-2/h3-6H,7-8H2,1-2H3,(H,15,17)(H,16,18). The SMILES string of the molecule is CNC(=O)COC(=O)c1cccc(C(=O)OCC(=O)NC)c1. The van der Waals surface area contributed by atoms with Crippen LogP contribution in [0.2, 0.25) is 0 Å². The van der Waals surface area contributed by atoms with E-state index in [-0.39, 0.29) is 11.1 Å². The van der Waals surface area contributed by atoms with Gasteiger partial charge < -0.3 is 20.1 Å². The normalized spacial score (nSPS) is 9.55. The van der Waals surface area contributed by atoms with Crippen LogP contribution >= 0.6 is 0 Å². The van der Waals surface area contributed by atoms with Crippen LogP contribution in [-0.4, -0.2) is 51.1 Å². The average molecular weight is 308 g/mol. The Labute approximate surface area is 126 Å². The molecule has 1 aromatic rings. The van der Waals surface area contributed by atoms with Gasteiger partial charge in [0.1, 0.15) is 0 Å². The fourth-order valence-corrected chi connectivity index (χ4v) is 1.35. The molecule has 0 aliphatic carbocycles. The van der Waals surface area contributed by atoms with E-state index in [0.29, 0.717) is 0 Å². The Kier molecular flexibility index (Phi) is 6.55. The quantitative estimate of drug-likeness (QED) is 0.685. The molecule has 8 heteroatoms. The summed E-state index contributed by atoms with van der Waals surface area (Å²) in [6.07, 6.45) is 0. The first-order valence-corrected chi connectivity index (χ1v) is 6.33. The highest BCUT2D eigenvalue weighted by atomic mass is 16.5. The molecule has 0 aliphatic heterocycles. The summed E-state index contributed by atoms with van der Waals surface area (Å²) in [5.41, 5.74) is 0.191. The van der Waals surface area contributed by atoms with Gasteiger partial charge in [0.2, 0.25) is 0 Å². The first-order valence-electron chi connectivity index (χ1n) is 6.33. The monoisotopic (exact) mass is 308 g/mol. The zero-order valence-electron chi connectivity index (χ0n) is 12.2. The van der Waals surface area contributed by atoms with E-state index in [1.807, 2.05) is 0 Å². The maximum atomic E-state index is 11.7. The summed E-state index contributed by atoms with van der Waals surface area (Å²) in [5, 5.41) is 4.61. The van der Waals surface area contributed by atoms with Gasteiger partial charge in [-0.1, -0.05) is 6.07 Å². The summed E-state index contributed by atoms with van der Waals surface area (Å²) in [4.78, 5) is 45.5. The fraction of sp³-hybridized carbons (Fsp3) is 0.286. The summed E-state index contributed by atoms with van der Waals surface area (Å²) in [6, 6.07) is 5.59. The first kappa shape index (κ1) is 17.2. The van der Waals surface area contributed by atoms with Crippen molar-refractivity contribution in [3.05, 3.63) is 35.4 Å². The zero-order valence-corrected chi connectivity index (χ0v) is 12.2. The van der Waals surface area contributed by atoms with Crippen molar-refractivity contribution in [2.45, 2.75) is 0 Å². The van der Waals surface area contributed by atoms with Gasteiger partial charge in [0.15, 0.2) is 13.2 Å². The number of amides is 2. The van der Waals surface area contributed by atoms with E-state index in [1.54, 1.807) is 0 Å². The molecular weight excluding hydrogens is 292 g/mol. The molecule has 0 bridgehead atoms. The van der Waals surface area contributed by atoms with Crippen LogP contribution in [0.25, 0.3) is 0 Å². The Hall–Kier alpha value is -2.90. The highest BCUT2D eigenvalue weighted by Crippen LogP contribution is 2.08. The summed E-state index contributed by atoms with van der Waals surface area (Å²) >= 11 is 0. The van der Waals surface area contributed by atoms with Crippen LogP contribution in [0.4, 0.5) is 0 Å². The third-order valence-corrected chi connectivity index (χ3v) is 2.56. The Morgan fingerprint density at radius 2 is 1.27 bits per heavy atom. The third kappa shape index (κ3) is 5.23.